The van der Waals surface area contributed by atoms with Crippen LogP contribution in [0.4, 0.5) is 8.78 Å². The number of hydrogen-bond donors (Lipinski definition) is 2. The molecular formula is C10H10BrF2NO. The summed E-state index contributed by atoms with van der Waals surface area (Å²) in [5.41, 5.74) is 0.464. The van der Waals surface area contributed by atoms with E-state index in [0.717, 1.165) is 19.0 Å². The van der Waals surface area contributed by atoms with Gasteiger partial charge in [0.05, 0.1) is 4.47 Å². The van der Waals surface area contributed by atoms with Gasteiger partial charge in [0.25, 0.3) is 0 Å². The predicted molar refractivity (Wildman–Crippen MR) is 56.0 cm³/mol. The first-order valence-electron chi connectivity index (χ1n) is 4.68. The molecule has 82 valence electrons. The molecule has 1 fully saturated rings. The van der Waals surface area contributed by atoms with Crippen molar-refractivity contribution in [2.75, 3.05) is 13.1 Å². The monoisotopic (exact) mass is 277 g/mol. The summed E-state index contributed by atoms with van der Waals surface area (Å²) in [7, 11) is 0. The second-order valence-corrected chi connectivity index (χ2v) is 4.41. The minimum Gasteiger partial charge on any atom is -0.506 e. The van der Waals surface area contributed by atoms with E-state index < -0.39 is 11.6 Å². The van der Waals surface area contributed by atoms with Crippen LogP contribution in [0.2, 0.25) is 0 Å². The van der Waals surface area contributed by atoms with Crippen LogP contribution in [0.5, 0.6) is 5.75 Å². The van der Waals surface area contributed by atoms with Crippen molar-refractivity contribution in [1.29, 1.82) is 0 Å². The Morgan fingerprint density at radius 2 is 2.20 bits per heavy atom. The van der Waals surface area contributed by atoms with Gasteiger partial charge in [-0.2, -0.15) is 0 Å². The number of phenols is 1. The predicted octanol–water partition coefficient (Wildman–Crippen LogP) is 2.51. The van der Waals surface area contributed by atoms with Crippen LogP contribution in [0.25, 0.3) is 0 Å². The molecule has 0 aromatic heterocycles. The van der Waals surface area contributed by atoms with Gasteiger partial charge in [-0.25, -0.2) is 8.78 Å². The molecule has 0 bridgehead atoms. The second kappa shape index (κ2) is 4.06. The maximum atomic E-state index is 13.1. The quantitative estimate of drug-likeness (QED) is 0.774. The van der Waals surface area contributed by atoms with Crippen molar-refractivity contribution in [3.63, 3.8) is 0 Å². The molecule has 2 nitrogen and oxygen atoms in total. The Morgan fingerprint density at radius 3 is 2.80 bits per heavy atom. The molecule has 2 N–H and O–H groups in total. The van der Waals surface area contributed by atoms with E-state index in [-0.39, 0.29) is 16.1 Å². The highest BCUT2D eigenvalue weighted by Crippen LogP contribution is 2.38. The van der Waals surface area contributed by atoms with Gasteiger partial charge in [0, 0.05) is 18.0 Å². The Kier molecular flexibility index (Phi) is 2.93. The standard InChI is InChI=1S/C10H10BrF2NO/c11-8-9(13)7(12)3-6(10(8)15)5-1-2-14-4-5/h3,5,14-15H,1-2,4H2. The molecule has 0 spiro atoms. The van der Waals surface area contributed by atoms with Crippen molar-refractivity contribution in [3.05, 3.63) is 27.7 Å². The van der Waals surface area contributed by atoms with Gasteiger partial charge in [0.2, 0.25) is 0 Å². The Balaban J connectivity index is 2.47. The molecule has 1 aliphatic rings. The molecule has 0 amide bonds. The van der Waals surface area contributed by atoms with Crippen molar-refractivity contribution >= 4 is 15.9 Å². The first-order chi connectivity index (χ1) is 7.11. The van der Waals surface area contributed by atoms with Crippen LogP contribution in [0.3, 0.4) is 0 Å². The lowest BCUT2D eigenvalue weighted by Gasteiger charge is -2.13. The smallest absolute Gasteiger partial charge is 0.176 e. The van der Waals surface area contributed by atoms with Crippen LogP contribution >= 0.6 is 15.9 Å². The van der Waals surface area contributed by atoms with E-state index in [0.29, 0.717) is 12.1 Å². The highest BCUT2D eigenvalue weighted by atomic mass is 79.9. The van der Waals surface area contributed by atoms with Gasteiger partial charge >= 0.3 is 0 Å². The highest BCUT2D eigenvalue weighted by Gasteiger charge is 2.24. The van der Waals surface area contributed by atoms with Gasteiger partial charge in [-0.05, 0) is 35.0 Å². The first kappa shape index (κ1) is 10.8. The summed E-state index contributed by atoms with van der Waals surface area (Å²) in [6.07, 6.45) is 0.824. The molecule has 2 rings (SSSR count). The molecule has 0 aliphatic carbocycles. The van der Waals surface area contributed by atoms with E-state index >= 15 is 0 Å². The van der Waals surface area contributed by atoms with E-state index in [2.05, 4.69) is 21.2 Å². The van der Waals surface area contributed by atoms with Crippen LogP contribution in [-0.4, -0.2) is 18.2 Å². The average molecular weight is 278 g/mol. The number of hydrogen-bond acceptors (Lipinski definition) is 2. The van der Waals surface area contributed by atoms with Crippen LogP contribution in [0, 0.1) is 11.6 Å². The molecule has 1 aromatic rings. The van der Waals surface area contributed by atoms with E-state index in [1.54, 1.807) is 0 Å². The van der Waals surface area contributed by atoms with Gasteiger partial charge in [-0.1, -0.05) is 0 Å². The minimum atomic E-state index is -1.04. The molecule has 1 aliphatic heterocycles. The fourth-order valence-electron chi connectivity index (χ4n) is 1.84. The number of aromatic hydroxyl groups is 1. The Bertz CT molecular complexity index is 391. The summed E-state index contributed by atoms with van der Waals surface area (Å²) >= 11 is 2.84. The summed E-state index contributed by atoms with van der Waals surface area (Å²) < 4.78 is 26.0. The van der Waals surface area contributed by atoms with Crippen molar-refractivity contribution < 1.29 is 13.9 Å². The fraction of sp³-hybridized carbons (Fsp3) is 0.400. The minimum absolute atomic E-state index is 0.0522. The maximum absolute atomic E-state index is 13.1. The number of nitrogens with one attached hydrogen (secondary N) is 1. The molecular weight excluding hydrogens is 268 g/mol. The summed E-state index contributed by atoms with van der Waals surface area (Å²) in [5.74, 6) is -2.11. The largest absolute Gasteiger partial charge is 0.506 e. The first-order valence-corrected chi connectivity index (χ1v) is 5.47. The lowest BCUT2D eigenvalue weighted by atomic mass is 9.97. The van der Waals surface area contributed by atoms with Gasteiger partial charge in [-0.15, -0.1) is 0 Å². The van der Waals surface area contributed by atoms with Crippen molar-refractivity contribution in [3.8, 4) is 5.75 Å². The molecule has 0 radical (unpaired) electrons. The summed E-state index contributed by atoms with van der Waals surface area (Å²) in [6, 6.07) is 1.08. The van der Waals surface area contributed by atoms with Crippen molar-refractivity contribution in [2.24, 2.45) is 0 Å². The summed E-state index contributed by atoms with van der Waals surface area (Å²) in [6.45, 7) is 1.52. The zero-order chi connectivity index (χ0) is 11.0. The van der Waals surface area contributed by atoms with Crippen LogP contribution < -0.4 is 5.32 Å². The van der Waals surface area contributed by atoms with Crippen molar-refractivity contribution in [2.45, 2.75) is 12.3 Å². The zero-order valence-corrected chi connectivity index (χ0v) is 9.44. The van der Waals surface area contributed by atoms with E-state index in [1.165, 1.54) is 0 Å². The molecule has 15 heavy (non-hydrogen) atoms. The molecule has 1 saturated heterocycles. The lowest BCUT2D eigenvalue weighted by molar-refractivity contribution is 0.436. The molecule has 1 atom stereocenters. The Hall–Kier alpha value is -0.680. The summed E-state index contributed by atoms with van der Waals surface area (Å²) in [5, 5.41) is 12.8. The molecule has 0 saturated carbocycles. The Labute approximate surface area is 94.4 Å². The molecule has 1 unspecified atom stereocenters. The lowest BCUT2D eigenvalue weighted by Crippen LogP contribution is -2.08. The third-order valence-corrected chi connectivity index (χ3v) is 3.39. The number of phenolic OH excluding ortho intramolecular Hbond substituents is 1. The third-order valence-electron chi connectivity index (χ3n) is 2.67. The topological polar surface area (TPSA) is 32.3 Å². The summed E-state index contributed by atoms with van der Waals surface area (Å²) in [4.78, 5) is 0. The number of halogens is 3. The number of rotatable bonds is 1. The van der Waals surface area contributed by atoms with Crippen molar-refractivity contribution in [1.82, 2.24) is 5.32 Å². The van der Waals surface area contributed by atoms with Gasteiger partial charge < -0.3 is 10.4 Å². The SMILES string of the molecule is Oc1c(C2CCNC2)cc(F)c(F)c1Br. The van der Waals surface area contributed by atoms with E-state index in [9.17, 15) is 13.9 Å². The van der Waals surface area contributed by atoms with Gasteiger partial charge in [-0.3, -0.25) is 0 Å². The average Bonchev–Trinajstić information content (AvgIpc) is 2.73. The Morgan fingerprint density at radius 1 is 1.47 bits per heavy atom. The number of benzene rings is 1. The van der Waals surface area contributed by atoms with Gasteiger partial charge in [0.1, 0.15) is 5.75 Å². The van der Waals surface area contributed by atoms with E-state index in [4.69, 9.17) is 0 Å². The zero-order valence-electron chi connectivity index (χ0n) is 7.86. The molecule has 1 aromatic carbocycles. The van der Waals surface area contributed by atoms with Gasteiger partial charge in [0.15, 0.2) is 11.6 Å². The maximum Gasteiger partial charge on any atom is 0.176 e. The van der Waals surface area contributed by atoms with Crippen LogP contribution in [-0.2, 0) is 0 Å². The highest BCUT2D eigenvalue weighted by molar-refractivity contribution is 9.10. The van der Waals surface area contributed by atoms with E-state index in [1.807, 2.05) is 0 Å². The molecule has 1 heterocycles. The second-order valence-electron chi connectivity index (χ2n) is 3.61. The fourth-order valence-corrected chi connectivity index (χ4v) is 2.25. The third kappa shape index (κ3) is 1.86. The normalized spacial score (nSPS) is 20.9. The molecule has 5 heteroatoms. The van der Waals surface area contributed by atoms with Crippen LogP contribution in [0.15, 0.2) is 10.5 Å². The van der Waals surface area contributed by atoms with Crippen LogP contribution in [0.1, 0.15) is 17.9 Å².